The average molecular weight is 328 g/mol. The lowest BCUT2D eigenvalue weighted by atomic mass is 9.90. The van der Waals surface area contributed by atoms with Gasteiger partial charge in [-0.2, -0.15) is 13.2 Å². The molecule has 1 fully saturated rings. The molecule has 2 amide bonds. The number of carbonyl (C=O) groups is 2. The summed E-state index contributed by atoms with van der Waals surface area (Å²) in [5.41, 5.74) is -0.526. The van der Waals surface area contributed by atoms with Crippen LogP contribution in [0, 0.1) is 5.92 Å². The zero-order chi connectivity index (χ0) is 17.0. The maximum atomic E-state index is 12.6. The van der Waals surface area contributed by atoms with Gasteiger partial charge in [-0.3, -0.25) is 4.79 Å². The number of alkyl halides is 3. The van der Waals surface area contributed by atoms with Crippen LogP contribution in [-0.4, -0.2) is 36.3 Å². The molecule has 0 aromatic heterocycles. The Kier molecular flexibility index (Phi) is 5.28. The van der Waals surface area contributed by atoms with E-state index in [-0.39, 0.29) is 23.3 Å². The van der Waals surface area contributed by atoms with E-state index in [1.54, 1.807) is 4.90 Å². The van der Waals surface area contributed by atoms with Crippen molar-refractivity contribution in [3.8, 4) is 0 Å². The predicted molar refractivity (Wildman–Crippen MR) is 79.1 cm³/mol. The van der Waals surface area contributed by atoms with Gasteiger partial charge < -0.3 is 10.2 Å². The van der Waals surface area contributed by atoms with Crippen LogP contribution in [0.15, 0.2) is 24.3 Å². The van der Waals surface area contributed by atoms with Gasteiger partial charge in [0.05, 0.1) is 5.56 Å². The van der Waals surface area contributed by atoms with Crippen molar-refractivity contribution < 1.29 is 22.8 Å². The largest absolute Gasteiger partial charge is 0.416 e. The number of halogens is 3. The normalized spacial score (nSPS) is 18.6. The monoisotopic (exact) mass is 328 g/mol. The van der Waals surface area contributed by atoms with E-state index in [1.807, 2.05) is 6.92 Å². The van der Waals surface area contributed by atoms with Crippen molar-refractivity contribution in [3.05, 3.63) is 35.4 Å². The Balaban J connectivity index is 2.06. The van der Waals surface area contributed by atoms with Crippen LogP contribution < -0.4 is 5.32 Å². The van der Waals surface area contributed by atoms with E-state index >= 15 is 0 Å². The molecule has 0 spiro atoms. The second-order valence-corrected chi connectivity index (χ2v) is 5.56. The summed E-state index contributed by atoms with van der Waals surface area (Å²) >= 11 is 0. The van der Waals surface area contributed by atoms with E-state index in [0.29, 0.717) is 32.5 Å². The minimum absolute atomic E-state index is 0.211. The number of nitrogens with zero attached hydrogens (tertiary/aromatic N) is 1. The van der Waals surface area contributed by atoms with E-state index in [9.17, 15) is 22.8 Å². The van der Waals surface area contributed by atoms with E-state index in [2.05, 4.69) is 5.32 Å². The van der Waals surface area contributed by atoms with Crippen molar-refractivity contribution in [2.24, 2.45) is 5.92 Å². The quantitative estimate of drug-likeness (QED) is 0.865. The zero-order valence-electron chi connectivity index (χ0n) is 12.8. The third-order valence-corrected chi connectivity index (χ3v) is 3.90. The predicted octanol–water partition coefficient (Wildman–Crippen LogP) is 3.33. The molecule has 0 unspecified atom stereocenters. The van der Waals surface area contributed by atoms with Crippen molar-refractivity contribution in [2.45, 2.75) is 25.9 Å². The van der Waals surface area contributed by atoms with Crippen LogP contribution in [0.4, 0.5) is 18.0 Å². The maximum absolute atomic E-state index is 12.6. The molecule has 1 aliphatic heterocycles. The Morgan fingerprint density at radius 2 is 1.91 bits per heavy atom. The first-order valence-electron chi connectivity index (χ1n) is 7.57. The third-order valence-electron chi connectivity index (χ3n) is 3.90. The lowest BCUT2D eigenvalue weighted by molar-refractivity contribution is -0.137. The van der Waals surface area contributed by atoms with Gasteiger partial charge in [0.2, 0.25) is 0 Å². The summed E-state index contributed by atoms with van der Waals surface area (Å²) in [5.74, 6) is -0.587. The molecule has 1 atom stereocenters. The summed E-state index contributed by atoms with van der Waals surface area (Å²) in [6.45, 7) is 3.20. The number of likely N-dealkylation sites (tertiary alicyclic amines) is 1. The fraction of sp³-hybridized carbons (Fsp3) is 0.500. The Morgan fingerprint density at radius 3 is 2.48 bits per heavy atom. The molecule has 126 valence electrons. The van der Waals surface area contributed by atoms with Gasteiger partial charge in [0, 0.05) is 31.1 Å². The van der Waals surface area contributed by atoms with Crippen molar-refractivity contribution in [3.63, 3.8) is 0 Å². The Labute approximate surface area is 132 Å². The van der Waals surface area contributed by atoms with Crippen molar-refractivity contribution >= 4 is 11.8 Å². The van der Waals surface area contributed by atoms with E-state index in [0.717, 1.165) is 12.1 Å². The highest BCUT2D eigenvalue weighted by molar-refractivity contribution is 5.98. The maximum Gasteiger partial charge on any atom is 0.416 e. The number of ketones is 1. The van der Waals surface area contributed by atoms with Crippen molar-refractivity contribution in [1.82, 2.24) is 10.2 Å². The van der Waals surface area contributed by atoms with Crippen LogP contribution in [0.2, 0.25) is 0 Å². The first-order chi connectivity index (χ1) is 10.8. The number of piperidine rings is 1. The number of urea groups is 1. The lowest BCUT2D eigenvalue weighted by Gasteiger charge is -2.32. The molecule has 0 aliphatic carbocycles. The second kappa shape index (κ2) is 7.02. The molecule has 0 radical (unpaired) electrons. The number of carbonyl (C=O) groups excluding carboxylic acids is 2. The Hall–Kier alpha value is -2.05. The fourth-order valence-electron chi connectivity index (χ4n) is 2.70. The Morgan fingerprint density at radius 1 is 1.26 bits per heavy atom. The summed E-state index contributed by atoms with van der Waals surface area (Å²) in [4.78, 5) is 25.9. The third kappa shape index (κ3) is 4.24. The minimum Gasteiger partial charge on any atom is -0.338 e. The first-order valence-corrected chi connectivity index (χ1v) is 7.57. The molecule has 1 aromatic carbocycles. The summed E-state index contributed by atoms with van der Waals surface area (Å²) in [6.07, 6.45) is -3.08. The first kappa shape index (κ1) is 17.3. The van der Waals surface area contributed by atoms with Gasteiger partial charge in [-0.25, -0.2) is 4.79 Å². The highest BCUT2D eigenvalue weighted by atomic mass is 19.4. The van der Waals surface area contributed by atoms with Gasteiger partial charge in [0.1, 0.15) is 0 Å². The van der Waals surface area contributed by atoms with Gasteiger partial charge in [-0.05, 0) is 31.9 Å². The lowest BCUT2D eigenvalue weighted by Crippen LogP contribution is -2.47. The van der Waals surface area contributed by atoms with Gasteiger partial charge in [0.25, 0.3) is 0 Å². The van der Waals surface area contributed by atoms with Crippen LogP contribution in [0.25, 0.3) is 0 Å². The molecular weight excluding hydrogens is 309 g/mol. The fourth-order valence-corrected chi connectivity index (χ4v) is 2.70. The molecule has 1 N–H and O–H groups in total. The number of hydrogen-bond donors (Lipinski definition) is 1. The molecule has 7 heteroatoms. The van der Waals surface area contributed by atoms with Crippen LogP contribution in [0.5, 0.6) is 0 Å². The van der Waals surface area contributed by atoms with Gasteiger partial charge in [0.15, 0.2) is 5.78 Å². The van der Waals surface area contributed by atoms with Crippen LogP contribution in [0.3, 0.4) is 0 Å². The van der Waals surface area contributed by atoms with E-state index in [1.165, 1.54) is 12.1 Å². The van der Waals surface area contributed by atoms with Gasteiger partial charge in [-0.1, -0.05) is 12.1 Å². The SMILES string of the molecule is CCNC(=O)N1CCC[C@H](C(=O)c2ccc(C(F)(F)F)cc2)C1. The molecular formula is C16H19F3N2O2. The molecule has 0 bridgehead atoms. The number of Topliss-reactive ketones (excluding diaryl/α,β-unsaturated/α-hetero) is 1. The summed E-state index contributed by atoms with van der Waals surface area (Å²) < 4.78 is 37.7. The van der Waals surface area contributed by atoms with Crippen LogP contribution in [0.1, 0.15) is 35.7 Å². The van der Waals surface area contributed by atoms with E-state index in [4.69, 9.17) is 0 Å². The topological polar surface area (TPSA) is 49.4 Å². The molecule has 2 rings (SSSR count). The molecule has 1 aromatic rings. The Bertz CT molecular complexity index is 570. The van der Waals surface area contributed by atoms with Crippen molar-refractivity contribution in [2.75, 3.05) is 19.6 Å². The summed E-state index contributed by atoms with van der Waals surface area (Å²) in [7, 11) is 0. The molecule has 4 nitrogen and oxygen atoms in total. The number of amides is 2. The summed E-state index contributed by atoms with van der Waals surface area (Å²) in [6, 6.07) is 4.03. The van der Waals surface area contributed by atoms with Crippen LogP contribution >= 0.6 is 0 Å². The highest BCUT2D eigenvalue weighted by Crippen LogP contribution is 2.30. The van der Waals surface area contributed by atoms with E-state index < -0.39 is 11.7 Å². The van der Waals surface area contributed by atoms with Gasteiger partial charge >= 0.3 is 12.2 Å². The summed E-state index contributed by atoms with van der Waals surface area (Å²) in [5, 5.41) is 2.69. The smallest absolute Gasteiger partial charge is 0.338 e. The molecule has 23 heavy (non-hydrogen) atoms. The van der Waals surface area contributed by atoms with Gasteiger partial charge in [-0.15, -0.1) is 0 Å². The molecule has 0 saturated carbocycles. The van der Waals surface area contributed by atoms with Crippen molar-refractivity contribution in [1.29, 1.82) is 0 Å². The minimum atomic E-state index is -4.42. The second-order valence-electron chi connectivity index (χ2n) is 5.56. The number of benzene rings is 1. The number of nitrogens with one attached hydrogen (secondary N) is 1. The molecule has 1 saturated heterocycles. The molecule has 1 aliphatic rings. The zero-order valence-corrected chi connectivity index (χ0v) is 12.8. The standard InChI is InChI=1S/C16H19F3N2O2/c1-2-20-15(23)21-9-3-4-12(10-21)14(22)11-5-7-13(8-6-11)16(17,18)19/h5-8,12H,2-4,9-10H2,1H3,(H,20,23)/t12-/m0/s1. The molecule has 1 heterocycles. The number of rotatable bonds is 3. The average Bonchev–Trinajstić information content (AvgIpc) is 2.54. The highest BCUT2D eigenvalue weighted by Gasteiger charge is 2.32. The van der Waals surface area contributed by atoms with Crippen LogP contribution in [-0.2, 0) is 6.18 Å². The number of hydrogen-bond acceptors (Lipinski definition) is 2.